The molecule has 1 spiro atoms. The van der Waals surface area contributed by atoms with Gasteiger partial charge in [-0.05, 0) is 0 Å². The van der Waals surface area contributed by atoms with E-state index < -0.39 is 12.0 Å². The number of H-pyrrole nitrogens is 1. The number of likely N-dealkylation sites (tertiary alicyclic amines) is 1. The van der Waals surface area contributed by atoms with Crippen molar-refractivity contribution in [3.63, 3.8) is 0 Å². The van der Waals surface area contributed by atoms with Crippen LogP contribution in [0.25, 0.3) is 0 Å². The molecule has 0 unspecified atom stereocenters. The highest BCUT2D eigenvalue weighted by Gasteiger charge is 2.47. The molecule has 2 aliphatic heterocycles. The Morgan fingerprint density at radius 2 is 2.06 bits per heavy atom. The van der Waals surface area contributed by atoms with Crippen LogP contribution in [0.1, 0.15) is 11.5 Å². The molecule has 2 aliphatic rings. The zero-order valence-corrected chi connectivity index (χ0v) is 9.14. The maximum atomic E-state index is 12.3. The van der Waals surface area contributed by atoms with Crippen LogP contribution in [0.4, 0.5) is 13.2 Å². The van der Waals surface area contributed by atoms with Crippen LogP contribution in [-0.2, 0) is 12.7 Å². The first kappa shape index (κ1) is 11.0. The van der Waals surface area contributed by atoms with E-state index >= 15 is 0 Å². The molecular weight excluding hydrogens is 233 g/mol. The van der Waals surface area contributed by atoms with Crippen LogP contribution in [0.3, 0.4) is 0 Å². The molecule has 2 fully saturated rings. The lowest BCUT2D eigenvalue weighted by Crippen LogP contribution is -2.70. The second-order valence-corrected chi connectivity index (χ2v) is 5.00. The smallest absolute Gasteiger partial charge is 0.337 e. The summed E-state index contributed by atoms with van der Waals surface area (Å²) in [4.78, 5) is 7.81. The maximum absolute atomic E-state index is 12.3. The standard InChI is InChI=1S/C10H13F3N4/c11-10(12,13)8-15-1-7(16-8)2-17-5-9(6-17)3-14-4-9/h1,14H,2-6H2,(H,15,16). The molecule has 4 nitrogen and oxygen atoms in total. The van der Waals surface area contributed by atoms with Crippen LogP contribution in [-0.4, -0.2) is 41.0 Å². The lowest BCUT2D eigenvalue weighted by Gasteiger charge is -2.56. The molecule has 0 amide bonds. The summed E-state index contributed by atoms with van der Waals surface area (Å²) in [6.07, 6.45) is -3.11. The first-order valence-electron chi connectivity index (χ1n) is 5.51. The number of alkyl halides is 3. The van der Waals surface area contributed by atoms with Gasteiger partial charge in [-0.25, -0.2) is 4.98 Å². The molecule has 17 heavy (non-hydrogen) atoms. The molecule has 2 N–H and O–H groups in total. The van der Waals surface area contributed by atoms with Crippen molar-refractivity contribution in [2.45, 2.75) is 12.7 Å². The first-order valence-corrected chi connectivity index (χ1v) is 5.51. The van der Waals surface area contributed by atoms with Crippen molar-refractivity contribution in [3.8, 4) is 0 Å². The summed E-state index contributed by atoms with van der Waals surface area (Å²) in [5, 5.41) is 3.22. The highest BCUT2D eigenvalue weighted by molar-refractivity contribution is 5.08. The van der Waals surface area contributed by atoms with Gasteiger partial charge >= 0.3 is 6.18 Å². The largest absolute Gasteiger partial charge is 0.449 e. The molecule has 0 atom stereocenters. The van der Waals surface area contributed by atoms with Crippen LogP contribution >= 0.6 is 0 Å². The lowest BCUT2D eigenvalue weighted by molar-refractivity contribution is -0.144. The van der Waals surface area contributed by atoms with Gasteiger partial charge in [-0.2, -0.15) is 13.2 Å². The predicted octanol–water partition coefficient (Wildman–Crippen LogP) is 0.834. The molecule has 0 aromatic carbocycles. The fourth-order valence-corrected chi connectivity index (χ4v) is 2.54. The van der Waals surface area contributed by atoms with Gasteiger partial charge in [0.1, 0.15) is 0 Å². The second kappa shape index (κ2) is 3.46. The number of aromatic nitrogens is 2. The molecule has 0 aliphatic carbocycles. The van der Waals surface area contributed by atoms with Crippen LogP contribution in [0.2, 0.25) is 0 Å². The Morgan fingerprint density at radius 1 is 1.35 bits per heavy atom. The van der Waals surface area contributed by atoms with Crippen molar-refractivity contribution in [2.24, 2.45) is 5.41 Å². The summed E-state index contributed by atoms with van der Waals surface area (Å²) >= 11 is 0. The minimum atomic E-state index is -4.38. The fourth-order valence-electron chi connectivity index (χ4n) is 2.54. The van der Waals surface area contributed by atoms with Crippen molar-refractivity contribution < 1.29 is 13.2 Å². The highest BCUT2D eigenvalue weighted by atomic mass is 19.4. The molecule has 0 radical (unpaired) electrons. The van der Waals surface area contributed by atoms with E-state index in [0.717, 1.165) is 26.2 Å². The lowest BCUT2D eigenvalue weighted by atomic mass is 9.74. The van der Waals surface area contributed by atoms with Gasteiger partial charge in [-0.1, -0.05) is 0 Å². The molecule has 1 aromatic rings. The molecule has 3 heterocycles. The van der Waals surface area contributed by atoms with Gasteiger partial charge in [-0.3, -0.25) is 4.90 Å². The minimum Gasteiger partial charge on any atom is -0.337 e. The van der Waals surface area contributed by atoms with E-state index in [0.29, 0.717) is 17.7 Å². The van der Waals surface area contributed by atoms with Gasteiger partial charge in [0.15, 0.2) is 0 Å². The fraction of sp³-hybridized carbons (Fsp3) is 0.700. The third-order valence-electron chi connectivity index (χ3n) is 3.41. The molecule has 94 valence electrons. The minimum absolute atomic E-state index is 0.396. The van der Waals surface area contributed by atoms with Gasteiger partial charge in [0.2, 0.25) is 5.82 Å². The number of halogens is 3. The summed E-state index contributed by atoms with van der Waals surface area (Å²) in [6, 6.07) is 0. The predicted molar refractivity (Wildman–Crippen MR) is 54.2 cm³/mol. The third kappa shape index (κ3) is 1.93. The van der Waals surface area contributed by atoms with Crippen LogP contribution < -0.4 is 5.32 Å². The van der Waals surface area contributed by atoms with Gasteiger partial charge in [0.05, 0.1) is 0 Å². The molecule has 1 aromatic heterocycles. The Bertz CT molecular complexity index is 413. The van der Waals surface area contributed by atoms with Gasteiger partial charge < -0.3 is 10.3 Å². The third-order valence-corrected chi connectivity index (χ3v) is 3.41. The average molecular weight is 246 g/mol. The zero-order valence-electron chi connectivity index (χ0n) is 9.14. The summed E-state index contributed by atoms with van der Waals surface area (Å²) in [7, 11) is 0. The summed E-state index contributed by atoms with van der Waals surface area (Å²) < 4.78 is 36.9. The van der Waals surface area contributed by atoms with Crippen molar-refractivity contribution in [3.05, 3.63) is 17.7 Å². The zero-order chi connectivity index (χ0) is 12.1. The van der Waals surface area contributed by atoms with E-state index in [9.17, 15) is 13.2 Å². The second-order valence-electron chi connectivity index (χ2n) is 5.00. The number of nitrogens with one attached hydrogen (secondary N) is 2. The number of hydrogen-bond donors (Lipinski definition) is 2. The van der Waals surface area contributed by atoms with E-state index in [2.05, 4.69) is 20.2 Å². The van der Waals surface area contributed by atoms with E-state index in [1.807, 2.05) is 0 Å². The molecule has 0 saturated carbocycles. The first-order chi connectivity index (χ1) is 7.97. The Hall–Kier alpha value is -1.08. The van der Waals surface area contributed by atoms with Crippen LogP contribution in [0.5, 0.6) is 0 Å². The van der Waals surface area contributed by atoms with Gasteiger partial charge in [0.25, 0.3) is 0 Å². The summed E-state index contributed by atoms with van der Waals surface area (Å²) in [5.41, 5.74) is 0.923. The average Bonchev–Trinajstić information content (AvgIpc) is 2.54. The molecule has 7 heteroatoms. The molecule has 3 rings (SSSR count). The van der Waals surface area contributed by atoms with Gasteiger partial charge in [0, 0.05) is 50.0 Å². The highest BCUT2D eigenvalue weighted by Crippen LogP contribution is 2.35. The maximum Gasteiger partial charge on any atom is 0.449 e. The van der Waals surface area contributed by atoms with Crippen LogP contribution in [0.15, 0.2) is 6.20 Å². The Balaban J connectivity index is 1.57. The SMILES string of the molecule is FC(F)(F)c1ncc(CN2CC3(CNC3)C2)[nH]1. The molecule has 2 saturated heterocycles. The Kier molecular flexibility index (Phi) is 2.24. The van der Waals surface area contributed by atoms with Crippen LogP contribution in [0, 0.1) is 5.41 Å². The number of aromatic amines is 1. The number of imidazole rings is 1. The molecule has 0 bridgehead atoms. The van der Waals surface area contributed by atoms with E-state index in [-0.39, 0.29) is 0 Å². The van der Waals surface area contributed by atoms with E-state index in [4.69, 9.17) is 0 Å². The Labute approximate surface area is 96.2 Å². The van der Waals surface area contributed by atoms with E-state index in [1.54, 1.807) is 0 Å². The number of rotatable bonds is 2. The molecular formula is C10H13F3N4. The van der Waals surface area contributed by atoms with Crippen molar-refractivity contribution in [1.29, 1.82) is 0 Å². The normalized spacial score (nSPS) is 23.5. The summed E-state index contributed by atoms with van der Waals surface area (Å²) in [5.74, 6) is -0.909. The quantitative estimate of drug-likeness (QED) is 0.812. The van der Waals surface area contributed by atoms with E-state index in [1.165, 1.54) is 6.20 Å². The van der Waals surface area contributed by atoms with Crippen molar-refractivity contribution in [2.75, 3.05) is 26.2 Å². The number of hydrogen-bond acceptors (Lipinski definition) is 3. The number of nitrogens with zero attached hydrogens (tertiary/aromatic N) is 2. The topological polar surface area (TPSA) is 44.0 Å². The van der Waals surface area contributed by atoms with Crippen molar-refractivity contribution >= 4 is 0 Å². The van der Waals surface area contributed by atoms with Gasteiger partial charge in [-0.15, -0.1) is 0 Å². The summed E-state index contributed by atoms with van der Waals surface area (Å²) in [6.45, 7) is 4.49. The monoisotopic (exact) mass is 246 g/mol. The Morgan fingerprint density at radius 3 is 2.53 bits per heavy atom. The van der Waals surface area contributed by atoms with Crippen molar-refractivity contribution in [1.82, 2.24) is 20.2 Å².